The number of unbranched alkanes of at least 4 members (excludes halogenated alkanes) is 1. The molecule has 0 spiro atoms. The number of amides is 1. The Morgan fingerprint density at radius 3 is 2.93 bits per heavy atom. The van der Waals surface area contributed by atoms with Crippen molar-refractivity contribution in [3.8, 4) is 0 Å². The first-order valence-electron chi connectivity index (χ1n) is 4.75. The summed E-state index contributed by atoms with van der Waals surface area (Å²) in [6.07, 6.45) is 2.27. The third kappa shape index (κ3) is 3.91. The number of aldehydes is 1. The number of carbonyl (C=O) groups excluding carboxylic acids is 3. The number of hydrogen-bond donors (Lipinski definition) is 2. The average molecular weight is 231 g/mol. The molecule has 1 fully saturated rings. The van der Waals surface area contributed by atoms with E-state index in [9.17, 15) is 14.4 Å². The van der Waals surface area contributed by atoms with Gasteiger partial charge in [-0.3, -0.25) is 4.79 Å². The van der Waals surface area contributed by atoms with Crippen LogP contribution in [0.25, 0.3) is 0 Å². The minimum atomic E-state index is -0.587. The first-order chi connectivity index (χ1) is 7.13. The van der Waals surface area contributed by atoms with E-state index in [0.29, 0.717) is 19.3 Å². The number of rotatable bonds is 5. The van der Waals surface area contributed by atoms with Crippen molar-refractivity contribution < 1.29 is 19.1 Å². The van der Waals surface area contributed by atoms with Crippen LogP contribution in [-0.4, -0.2) is 29.6 Å². The van der Waals surface area contributed by atoms with E-state index in [0.717, 1.165) is 6.29 Å². The van der Waals surface area contributed by atoms with E-state index >= 15 is 0 Å². The average Bonchev–Trinajstić information content (AvgIpc) is 2.45. The lowest BCUT2D eigenvalue weighted by atomic mass is 10.2. The standard InChI is InChI=1S/C9H13NO4S/c11-4-2-1-3-7(12)10-6-5-8(15)14-9(6)13/h4,6,8,15H,1-3,5H2,(H,10,12)/t6-,8?/m0/s1. The van der Waals surface area contributed by atoms with Crippen molar-refractivity contribution >= 4 is 30.8 Å². The largest absolute Gasteiger partial charge is 0.450 e. The highest BCUT2D eigenvalue weighted by molar-refractivity contribution is 7.80. The Balaban J connectivity index is 2.25. The summed E-state index contributed by atoms with van der Waals surface area (Å²) < 4.78 is 4.75. The molecule has 1 heterocycles. The van der Waals surface area contributed by atoms with Gasteiger partial charge in [0, 0.05) is 19.3 Å². The van der Waals surface area contributed by atoms with Crippen LogP contribution in [0, 0.1) is 0 Å². The van der Waals surface area contributed by atoms with E-state index < -0.39 is 17.4 Å². The van der Waals surface area contributed by atoms with Gasteiger partial charge in [-0.1, -0.05) is 0 Å². The zero-order chi connectivity index (χ0) is 11.3. The molecular formula is C9H13NO4S. The van der Waals surface area contributed by atoms with Gasteiger partial charge in [0.1, 0.15) is 17.8 Å². The molecule has 1 saturated heterocycles. The molecule has 6 heteroatoms. The fourth-order valence-electron chi connectivity index (χ4n) is 1.29. The normalized spacial score (nSPS) is 24.7. The SMILES string of the molecule is O=CCCCC(=O)N[C@H]1CC(S)OC1=O. The molecule has 0 radical (unpaired) electrons. The van der Waals surface area contributed by atoms with Crippen LogP contribution in [0.5, 0.6) is 0 Å². The summed E-state index contributed by atoms with van der Waals surface area (Å²) in [5, 5.41) is 2.54. The topological polar surface area (TPSA) is 72.5 Å². The quantitative estimate of drug-likeness (QED) is 0.303. The first kappa shape index (κ1) is 12.0. The third-order valence-corrected chi connectivity index (χ3v) is 2.35. The third-order valence-electron chi connectivity index (χ3n) is 2.04. The molecule has 1 aliphatic heterocycles. The summed E-state index contributed by atoms with van der Waals surface area (Å²) in [7, 11) is 0. The second-order valence-electron chi connectivity index (χ2n) is 3.31. The maximum absolute atomic E-state index is 11.3. The highest BCUT2D eigenvalue weighted by Crippen LogP contribution is 2.17. The fourth-order valence-corrected chi connectivity index (χ4v) is 1.61. The number of carbonyl (C=O) groups is 3. The van der Waals surface area contributed by atoms with Gasteiger partial charge in [0.15, 0.2) is 0 Å². The molecule has 0 aromatic rings. The lowest BCUT2D eigenvalue weighted by Crippen LogP contribution is -2.37. The van der Waals surface area contributed by atoms with Crippen LogP contribution in [0.2, 0.25) is 0 Å². The second kappa shape index (κ2) is 5.75. The van der Waals surface area contributed by atoms with Crippen molar-refractivity contribution in [1.29, 1.82) is 0 Å². The number of nitrogens with one attached hydrogen (secondary N) is 1. The van der Waals surface area contributed by atoms with Crippen LogP contribution in [0.1, 0.15) is 25.7 Å². The Kier molecular flexibility index (Phi) is 4.61. The van der Waals surface area contributed by atoms with E-state index in [2.05, 4.69) is 17.9 Å². The van der Waals surface area contributed by atoms with Crippen LogP contribution in [-0.2, 0) is 19.1 Å². The number of thiol groups is 1. The van der Waals surface area contributed by atoms with E-state index in [1.807, 2.05) is 0 Å². The molecule has 0 saturated carbocycles. The summed E-state index contributed by atoms with van der Waals surface area (Å²) >= 11 is 3.98. The van der Waals surface area contributed by atoms with Gasteiger partial charge in [-0.25, -0.2) is 4.79 Å². The molecule has 0 aromatic heterocycles. The maximum Gasteiger partial charge on any atom is 0.329 e. The van der Waals surface area contributed by atoms with Gasteiger partial charge in [0.05, 0.1) is 0 Å². The smallest absolute Gasteiger partial charge is 0.329 e. The molecule has 84 valence electrons. The molecule has 0 aromatic carbocycles. The molecule has 0 aliphatic carbocycles. The van der Waals surface area contributed by atoms with Gasteiger partial charge in [-0.2, -0.15) is 0 Å². The van der Waals surface area contributed by atoms with Gasteiger partial charge in [0.25, 0.3) is 0 Å². The minimum Gasteiger partial charge on any atom is -0.450 e. The van der Waals surface area contributed by atoms with E-state index in [1.54, 1.807) is 0 Å². The molecule has 2 atom stereocenters. The Morgan fingerprint density at radius 1 is 1.67 bits per heavy atom. The minimum absolute atomic E-state index is 0.235. The predicted octanol–water partition coefficient (Wildman–Crippen LogP) is 0.0432. The monoisotopic (exact) mass is 231 g/mol. The summed E-state index contributed by atoms with van der Waals surface area (Å²) in [5.41, 5.74) is -0.433. The van der Waals surface area contributed by atoms with Crippen LogP contribution in [0.3, 0.4) is 0 Å². The van der Waals surface area contributed by atoms with Crippen molar-refractivity contribution in [3.05, 3.63) is 0 Å². The molecule has 1 rings (SSSR count). The van der Waals surface area contributed by atoms with Gasteiger partial charge in [0.2, 0.25) is 5.91 Å². The zero-order valence-electron chi connectivity index (χ0n) is 8.14. The number of esters is 1. The summed E-state index contributed by atoms with van der Waals surface area (Å²) in [6, 6.07) is -0.587. The summed E-state index contributed by atoms with van der Waals surface area (Å²) in [4.78, 5) is 32.4. The number of hydrogen-bond acceptors (Lipinski definition) is 5. The zero-order valence-corrected chi connectivity index (χ0v) is 9.04. The van der Waals surface area contributed by atoms with Crippen molar-refractivity contribution in [1.82, 2.24) is 5.32 Å². The van der Waals surface area contributed by atoms with Crippen LogP contribution >= 0.6 is 12.6 Å². The molecule has 1 aliphatic rings. The molecule has 0 bridgehead atoms. The fraction of sp³-hybridized carbons (Fsp3) is 0.667. The van der Waals surface area contributed by atoms with Crippen molar-refractivity contribution in [2.24, 2.45) is 0 Å². The van der Waals surface area contributed by atoms with E-state index in [1.165, 1.54) is 0 Å². The summed E-state index contributed by atoms with van der Waals surface area (Å²) in [6.45, 7) is 0. The maximum atomic E-state index is 11.3. The van der Waals surface area contributed by atoms with Crippen molar-refractivity contribution in [2.75, 3.05) is 0 Å². The molecule has 15 heavy (non-hydrogen) atoms. The van der Waals surface area contributed by atoms with Gasteiger partial charge < -0.3 is 14.8 Å². The predicted molar refractivity (Wildman–Crippen MR) is 55.3 cm³/mol. The molecule has 5 nitrogen and oxygen atoms in total. The van der Waals surface area contributed by atoms with Gasteiger partial charge in [-0.15, -0.1) is 12.6 Å². The summed E-state index contributed by atoms with van der Waals surface area (Å²) in [5.74, 6) is -0.681. The number of cyclic esters (lactones) is 1. The molecule has 1 unspecified atom stereocenters. The van der Waals surface area contributed by atoms with Crippen LogP contribution in [0.15, 0.2) is 0 Å². The number of ether oxygens (including phenoxy) is 1. The van der Waals surface area contributed by atoms with Gasteiger partial charge >= 0.3 is 5.97 Å². The molecule has 1 N–H and O–H groups in total. The lowest BCUT2D eigenvalue weighted by molar-refractivity contribution is -0.142. The Morgan fingerprint density at radius 2 is 2.40 bits per heavy atom. The molecule has 1 amide bonds. The van der Waals surface area contributed by atoms with Gasteiger partial charge in [-0.05, 0) is 6.42 Å². The van der Waals surface area contributed by atoms with Crippen molar-refractivity contribution in [2.45, 2.75) is 37.2 Å². The second-order valence-corrected chi connectivity index (χ2v) is 3.88. The first-order valence-corrected chi connectivity index (χ1v) is 5.26. The van der Waals surface area contributed by atoms with E-state index in [4.69, 9.17) is 4.74 Å². The molecular weight excluding hydrogens is 218 g/mol. The van der Waals surface area contributed by atoms with Crippen LogP contribution in [0.4, 0.5) is 0 Å². The highest BCUT2D eigenvalue weighted by Gasteiger charge is 2.33. The van der Waals surface area contributed by atoms with Crippen LogP contribution < -0.4 is 5.32 Å². The Bertz CT molecular complexity index is 269. The highest BCUT2D eigenvalue weighted by atomic mass is 32.1. The lowest BCUT2D eigenvalue weighted by Gasteiger charge is -2.07. The van der Waals surface area contributed by atoms with Crippen molar-refractivity contribution in [3.63, 3.8) is 0 Å². The Hall–Kier alpha value is -1.04. The van der Waals surface area contributed by atoms with E-state index in [-0.39, 0.29) is 12.3 Å². The Labute approximate surface area is 93.0 Å².